The van der Waals surface area contributed by atoms with Gasteiger partial charge in [0.25, 0.3) is 0 Å². The van der Waals surface area contributed by atoms with Crippen LogP contribution in [-0.2, 0) is 6.54 Å². The fourth-order valence-corrected chi connectivity index (χ4v) is 3.85. The highest BCUT2D eigenvalue weighted by Crippen LogP contribution is 2.32. The van der Waals surface area contributed by atoms with Crippen molar-refractivity contribution >= 4 is 0 Å². The third kappa shape index (κ3) is 3.58. The van der Waals surface area contributed by atoms with E-state index in [-0.39, 0.29) is 0 Å². The Hall–Kier alpha value is -0.860. The molecule has 0 amide bonds. The molecule has 1 aromatic carbocycles. The number of nitrogens with zero attached hydrogens (tertiary/aromatic N) is 1. The van der Waals surface area contributed by atoms with Crippen molar-refractivity contribution in [1.29, 1.82) is 0 Å². The SMILES string of the molecule is CNC1CC(C)CC(C)C1N(C)Cc1ccccc1. The van der Waals surface area contributed by atoms with E-state index in [2.05, 4.69) is 68.5 Å². The Morgan fingerprint density at radius 1 is 1.16 bits per heavy atom. The van der Waals surface area contributed by atoms with E-state index in [1.165, 1.54) is 18.4 Å². The lowest BCUT2D eigenvalue weighted by molar-refractivity contribution is 0.0786. The number of hydrogen-bond acceptors (Lipinski definition) is 2. The first kappa shape index (κ1) is 14.5. The van der Waals surface area contributed by atoms with Gasteiger partial charge in [-0.1, -0.05) is 44.2 Å². The van der Waals surface area contributed by atoms with Crippen LogP contribution in [0.25, 0.3) is 0 Å². The van der Waals surface area contributed by atoms with Gasteiger partial charge in [0.05, 0.1) is 0 Å². The Balaban J connectivity index is 2.05. The molecule has 4 unspecified atom stereocenters. The molecule has 4 atom stereocenters. The molecule has 2 nitrogen and oxygen atoms in total. The predicted octanol–water partition coefficient (Wildman–Crippen LogP) is 3.14. The van der Waals surface area contributed by atoms with Gasteiger partial charge in [-0.3, -0.25) is 4.90 Å². The summed E-state index contributed by atoms with van der Waals surface area (Å²) in [6.07, 6.45) is 2.65. The van der Waals surface area contributed by atoms with E-state index >= 15 is 0 Å². The van der Waals surface area contributed by atoms with Crippen LogP contribution >= 0.6 is 0 Å². The van der Waals surface area contributed by atoms with E-state index in [4.69, 9.17) is 0 Å². The highest BCUT2D eigenvalue weighted by atomic mass is 15.2. The molecule has 2 heteroatoms. The van der Waals surface area contributed by atoms with E-state index < -0.39 is 0 Å². The summed E-state index contributed by atoms with van der Waals surface area (Å²) in [6, 6.07) is 12.1. The van der Waals surface area contributed by atoms with E-state index in [1.54, 1.807) is 0 Å². The molecule has 1 aliphatic rings. The maximum absolute atomic E-state index is 3.54. The van der Waals surface area contributed by atoms with Gasteiger partial charge in [0.2, 0.25) is 0 Å². The number of rotatable bonds is 4. The summed E-state index contributed by atoms with van der Waals surface area (Å²) in [6.45, 7) is 5.84. The smallest absolute Gasteiger partial charge is 0.0275 e. The zero-order valence-corrected chi connectivity index (χ0v) is 12.8. The van der Waals surface area contributed by atoms with E-state index in [1.807, 2.05) is 0 Å². The van der Waals surface area contributed by atoms with Crippen LogP contribution in [0.15, 0.2) is 30.3 Å². The average molecular weight is 260 g/mol. The van der Waals surface area contributed by atoms with Gasteiger partial charge >= 0.3 is 0 Å². The maximum Gasteiger partial charge on any atom is 0.0275 e. The first-order valence-corrected chi connectivity index (χ1v) is 7.53. The zero-order chi connectivity index (χ0) is 13.8. The predicted molar refractivity (Wildman–Crippen MR) is 82.1 cm³/mol. The van der Waals surface area contributed by atoms with Gasteiger partial charge in [-0.05, 0) is 44.3 Å². The molecule has 1 saturated carbocycles. The molecule has 0 aromatic heterocycles. The highest BCUT2D eigenvalue weighted by molar-refractivity contribution is 5.14. The fourth-order valence-electron chi connectivity index (χ4n) is 3.85. The first-order valence-electron chi connectivity index (χ1n) is 7.53. The number of benzene rings is 1. The second-order valence-corrected chi connectivity index (χ2v) is 6.34. The van der Waals surface area contributed by atoms with Crippen LogP contribution in [0.4, 0.5) is 0 Å². The molecular formula is C17H28N2. The fraction of sp³-hybridized carbons (Fsp3) is 0.647. The van der Waals surface area contributed by atoms with Gasteiger partial charge < -0.3 is 5.32 Å². The Morgan fingerprint density at radius 2 is 1.84 bits per heavy atom. The summed E-state index contributed by atoms with van der Waals surface area (Å²) in [5.41, 5.74) is 1.41. The van der Waals surface area contributed by atoms with Crippen LogP contribution < -0.4 is 5.32 Å². The number of hydrogen-bond donors (Lipinski definition) is 1. The van der Waals surface area contributed by atoms with Crippen molar-refractivity contribution in [2.24, 2.45) is 11.8 Å². The Kier molecular flexibility index (Phi) is 5.00. The van der Waals surface area contributed by atoms with Crippen LogP contribution in [-0.4, -0.2) is 31.1 Å². The van der Waals surface area contributed by atoms with Gasteiger partial charge in [-0.2, -0.15) is 0 Å². The van der Waals surface area contributed by atoms with Gasteiger partial charge in [0.15, 0.2) is 0 Å². The molecule has 0 heterocycles. The van der Waals surface area contributed by atoms with Crippen molar-refractivity contribution in [2.45, 2.75) is 45.3 Å². The minimum Gasteiger partial charge on any atom is -0.315 e. The zero-order valence-electron chi connectivity index (χ0n) is 12.8. The first-order chi connectivity index (χ1) is 9.11. The van der Waals surface area contributed by atoms with Gasteiger partial charge in [-0.15, -0.1) is 0 Å². The number of nitrogens with one attached hydrogen (secondary N) is 1. The average Bonchev–Trinajstić information content (AvgIpc) is 2.38. The van der Waals surface area contributed by atoms with Gasteiger partial charge in [0.1, 0.15) is 0 Å². The number of likely N-dealkylation sites (N-methyl/N-ethyl adjacent to an activating group) is 2. The van der Waals surface area contributed by atoms with Crippen molar-refractivity contribution in [1.82, 2.24) is 10.2 Å². The van der Waals surface area contributed by atoms with E-state index in [0.29, 0.717) is 12.1 Å². The van der Waals surface area contributed by atoms with Crippen molar-refractivity contribution < 1.29 is 0 Å². The van der Waals surface area contributed by atoms with Crippen LogP contribution in [0.5, 0.6) is 0 Å². The van der Waals surface area contributed by atoms with Crippen molar-refractivity contribution in [3.05, 3.63) is 35.9 Å². The van der Waals surface area contributed by atoms with E-state index in [0.717, 1.165) is 18.4 Å². The second-order valence-electron chi connectivity index (χ2n) is 6.34. The molecule has 2 rings (SSSR count). The topological polar surface area (TPSA) is 15.3 Å². The Labute approximate surface area is 118 Å². The van der Waals surface area contributed by atoms with Crippen molar-refractivity contribution in [3.8, 4) is 0 Å². The molecule has 0 aliphatic heterocycles. The normalized spacial score (nSPS) is 31.6. The standard InChI is InChI=1S/C17H28N2/c1-13-10-14(2)17(16(11-13)18-3)19(4)12-15-8-6-5-7-9-15/h5-9,13-14,16-18H,10-12H2,1-4H3. The monoisotopic (exact) mass is 260 g/mol. The lowest BCUT2D eigenvalue weighted by atomic mass is 9.76. The molecule has 1 fully saturated rings. The molecule has 1 aromatic rings. The molecule has 1 aliphatic carbocycles. The maximum atomic E-state index is 3.54. The van der Waals surface area contributed by atoms with Gasteiger partial charge in [-0.25, -0.2) is 0 Å². The quantitative estimate of drug-likeness (QED) is 0.894. The van der Waals surface area contributed by atoms with Crippen LogP contribution in [0.1, 0.15) is 32.3 Å². The van der Waals surface area contributed by atoms with Gasteiger partial charge in [0, 0.05) is 18.6 Å². The third-order valence-electron chi connectivity index (χ3n) is 4.58. The van der Waals surface area contributed by atoms with Crippen molar-refractivity contribution in [2.75, 3.05) is 14.1 Å². The Morgan fingerprint density at radius 3 is 2.47 bits per heavy atom. The molecule has 0 saturated heterocycles. The minimum atomic E-state index is 0.618. The molecule has 0 bridgehead atoms. The highest BCUT2D eigenvalue weighted by Gasteiger charge is 2.35. The lowest BCUT2D eigenvalue weighted by Crippen LogP contribution is -2.54. The summed E-state index contributed by atoms with van der Waals surface area (Å²) >= 11 is 0. The molecular weight excluding hydrogens is 232 g/mol. The summed E-state index contributed by atoms with van der Waals surface area (Å²) in [4.78, 5) is 2.53. The van der Waals surface area contributed by atoms with Crippen molar-refractivity contribution in [3.63, 3.8) is 0 Å². The summed E-state index contributed by atoms with van der Waals surface area (Å²) in [7, 11) is 4.38. The molecule has 1 N–H and O–H groups in total. The molecule has 106 valence electrons. The molecule has 0 spiro atoms. The lowest BCUT2D eigenvalue weighted by Gasteiger charge is -2.44. The largest absolute Gasteiger partial charge is 0.315 e. The second kappa shape index (κ2) is 6.53. The third-order valence-corrected chi connectivity index (χ3v) is 4.58. The minimum absolute atomic E-state index is 0.618. The van der Waals surface area contributed by atoms with Crippen LogP contribution in [0.2, 0.25) is 0 Å². The summed E-state index contributed by atoms with van der Waals surface area (Å²) in [5.74, 6) is 1.60. The van der Waals surface area contributed by atoms with Crippen LogP contribution in [0.3, 0.4) is 0 Å². The summed E-state index contributed by atoms with van der Waals surface area (Å²) < 4.78 is 0. The Bertz CT molecular complexity index is 376. The molecule has 0 radical (unpaired) electrons. The van der Waals surface area contributed by atoms with Crippen LogP contribution in [0, 0.1) is 11.8 Å². The molecule has 19 heavy (non-hydrogen) atoms. The van der Waals surface area contributed by atoms with E-state index in [9.17, 15) is 0 Å². The summed E-state index contributed by atoms with van der Waals surface area (Å²) in [5, 5.41) is 3.54.